The molecule has 2 fully saturated rings. The van der Waals surface area contributed by atoms with E-state index in [9.17, 15) is 37.5 Å². The summed E-state index contributed by atoms with van der Waals surface area (Å²) in [5, 5.41) is 18.3. The van der Waals surface area contributed by atoms with Crippen LogP contribution in [0.1, 0.15) is 70.9 Å². The molecule has 0 bridgehead atoms. The van der Waals surface area contributed by atoms with E-state index in [1.54, 1.807) is 13.8 Å². The molecule has 1 saturated carbocycles. The number of hydrogen-bond donors (Lipinski definition) is 3. The molecule has 4 N–H and O–H groups in total. The van der Waals surface area contributed by atoms with E-state index in [0.29, 0.717) is 36.9 Å². The van der Waals surface area contributed by atoms with Crippen LogP contribution >= 0.6 is 0 Å². The average molecular weight is 647 g/mol. The molecular formula is C28H45F3N6O6Si. The van der Waals surface area contributed by atoms with Crippen molar-refractivity contribution in [3.63, 3.8) is 0 Å². The number of hydrogen-bond acceptors (Lipinski definition) is 7. The lowest BCUT2D eigenvalue weighted by Crippen LogP contribution is -2.50. The Hall–Kier alpha value is -3.14. The second-order valence-corrected chi connectivity index (χ2v) is 19.6. The van der Waals surface area contributed by atoms with Gasteiger partial charge in [0.05, 0.1) is 0 Å². The zero-order valence-electron chi connectivity index (χ0n) is 26.3. The van der Waals surface area contributed by atoms with Gasteiger partial charge in [0.2, 0.25) is 5.88 Å². The van der Waals surface area contributed by atoms with Gasteiger partial charge in [-0.1, -0.05) is 26.6 Å². The minimum absolute atomic E-state index is 0.127. The number of aromatic hydroxyl groups is 1. The number of amides is 3. The molecule has 0 aromatic carbocycles. The van der Waals surface area contributed by atoms with Crippen molar-refractivity contribution in [2.75, 3.05) is 19.9 Å². The lowest BCUT2D eigenvalue weighted by atomic mass is 9.73. The number of nitrogen functional groups attached to an aromatic ring is 1. The molecule has 0 unspecified atom stereocenters. The summed E-state index contributed by atoms with van der Waals surface area (Å²) in [6, 6.07) is -0.221. The second-order valence-electron chi connectivity index (χ2n) is 14.0. The first-order valence-corrected chi connectivity index (χ1v) is 18.5. The maximum absolute atomic E-state index is 13.4. The highest BCUT2D eigenvalue weighted by Gasteiger charge is 2.53. The van der Waals surface area contributed by atoms with Gasteiger partial charge in [0.1, 0.15) is 23.7 Å². The molecule has 0 atom stereocenters. The molecule has 16 heteroatoms. The van der Waals surface area contributed by atoms with Gasteiger partial charge in [-0.25, -0.2) is 14.5 Å². The summed E-state index contributed by atoms with van der Waals surface area (Å²) in [5.74, 6) is -2.09. The smallest absolute Gasteiger partial charge is 0.389 e. The van der Waals surface area contributed by atoms with E-state index >= 15 is 0 Å². The van der Waals surface area contributed by atoms with Gasteiger partial charge in [0, 0.05) is 40.2 Å². The molecule has 248 valence electrons. The lowest BCUT2D eigenvalue weighted by molar-refractivity contribution is -0.136. The number of nitrogens with zero attached hydrogens (tertiary/aromatic N) is 4. The molecule has 44 heavy (non-hydrogen) atoms. The summed E-state index contributed by atoms with van der Waals surface area (Å²) in [5.41, 5.74) is 1.35. The van der Waals surface area contributed by atoms with Crippen molar-refractivity contribution in [1.82, 2.24) is 18.9 Å². The normalized spacial score (nSPS) is 22.6. The lowest BCUT2D eigenvalue weighted by Gasteiger charge is -2.42. The van der Waals surface area contributed by atoms with Crippen LogP contribution in [0.2, 0.25) is 25.7 Å². The van der Waals surface area contributed by atoms with E-state index in [1.165, 1.54) is 4.90 Å². The second kappa shape index (κ2) is 12.7. The number of urea groups is 1. The third-order valence-corrected chi connectivity index (χ3v) is 10.4. The largest absolute Gasteiger partial charge is 0.494 e. The maximum atomic E-state index is 13.4. The Balaban J connectivity index is 1.78. The Morgan fingerprint density at radius 1 is 1.11 bits per heavy atom. The van der Waals surface area contributed by atoms with E-state index in [0.717, 1.165) is 15.5 Å². The monoisotopic (exact) mass is 646 g/mol. The van der Waals surface area contributed by atoms with Crippen LogP contribution in [0, 0.1) is 10.8 Å². The molecule has 1 aromatic heterocycles. The van der Waals surface area contributed by atoms with Crippen LogP contribution in [0.5, 0.6) is 5.88 Å². The molecule has 1 saturated heterocycles. The molecule has 1 aromatic rings. The van der Waals surface area contributed by atoms with Gasteiger partial charge in [-0.3, -0.25) is 24.1 Å². The molecule has 2 heterocycles. The van der Waals surface area contributed by atoms with Crippen molar-refractivity contribution in [2.24, 2.45) is 11.1 Å². The van der Waals surface area contributed by atoms with Gasteiger partial charge in [0.25, 0.3) is 11.5 Å². The number of nitrogens with one attached hydrogen (secondary N) is 1. The number of halogens is 3. The quantitative estimate of drug-likeness (QED) is 0.102. The van der Waals surface area contributed by atoms with Crippen LogP contribution in [0.25, 0.3) is 0 Å². The summed E-state index contributed by atoms with van der Waals surface area (Å²) < 4.78 is 45.4. The molecule has 0 spiro atoms. The number of nitrogens with two attached hydrogens (primary N) is 1. The number of aromatic nitrogens is 2. The van der Waals surface area contributed by atoms with Crippen molar-refractivity contribution in [2.45, 2.75) is 109 Å². The number of amidine groups is 1. The van der Waals surface area contributed by atoms with Gasteiger partial charge in [-0.05, 0) is 57.4 Å². The Labute approximate surface area is 255 Å². The predicted octanol–water partition coefficient (Wildman–Crippen LogP) is 3.82. The number of carbonyl (C=O) groups is 2. The van der Waals surface area contributed by atoms with Crippen LogP contribution in [-0.2, 0) is 16.1 Å². The van der Waals surface area contributed by atoms with Crippen LogP contribution in [-0.4, -0.2) is 81.5 Å². The van der Waals surface area contributed by atoms with E-state index in [1.807, 2.05) is 6.92 Å². The fourth-order valence-electron chi connectivity index (χ4n) is 5.78. The summed E-state index contributed by atoms with van der Waals surface area (Å²) in [6.07, 6.45) is -4.69. The SMILES string of the molecule is CC1(CN2C(=O)N(COCC[Si](C)(C)C)C(=O)C2(C)C)CCC(n2c(=O)c(C(=N)N)c(O)n(CCCC(F)(F)F)c2=O)CC1. The first kappa shape index (κ1) is 35.3. The van der Waals surface area contributed by atoms with Crippen LogP contribution < -0.4 is 17.0 Å². The molecule has 0 radical (unpaired) electrons. The number of rotatable bonds is 12. The zero-order valence-corrected chi connectivity index (χ0v) is 27.3. The van der Waals surface area contributed by atoms with E-state index < -0.39 is 85.2 Å². The van der Waals surface area contributed by atoms with Crippen molar-refractivity contribution < 1.29 is 32.6 Å². The Bertz CT molecular complexity index is 1390. The first-order valence-electron chi connectivity index (χ1n) is 14.8. The van der Waals surface area contributed by atoms with Gasteiger partial charge >= 0.3 is 17.9 Å². The number of imide groups is 1. The maximum Gasteiger partial charge on any atom is 0.389 e. The molecule has 1 aliphatic carbocycles. The number of ether oxygens (including phenoxy) is 1. The molecule has 3 rings (SSSR count). The highest BCUT2D eigenvalue weighted by molar-refractivity contribution is 6.76. The highest BCUT2D eigenvalue weighted by atomic mass is 28.3. The van der Waals surface area contributed by atoms with E-state index in [2.05, 4.69) is 19.6 Å². The van der Waals surface area contributed by atoms with Crippen molar-refractivity contribution in [3.05, 3.63) is 26.4 Å². The van der Waals surface area contributed by atoms with Crippen LogP contribution in [0.15, 0.2) is 9.59 Å². The Kier molecular flexibility index (Phi) is 10.2. The molecule has 1 aliphatic heterocycles. The average Bonchev–Trinajstić information content (AvgIpc) is 3.03. The fraction of sp³-hybridized carbons (Fsp3) is 0.750. The minimum Gasteiger partial charge on any atom is -0.494 e. The predicted molar refractivity (Wildman–Crippen MR) is 161 cm³/mol. The van der Waals surface area contributed by atoms with Crippen LogP contribution in [0.3, 0.4) is 0 Å². The van der Waals surface area contributed by atoms with Gasteiger partial charge in [-0.2, -0.15) is 13.2 Å². The standard InChI is InChI=1S/C28H45F3N6O6Si/c1-26(2)23(40)35(17-43-14-15-44(4,5)6)24(41)36(26)16-27(3)11-8-18(9-12-27)37-22(39)19(20(32)33)21(38)34(25(37)42)13-7-10-28(29,30)31/h18,38H,7-17H2,1-6H3,(H3,32,33). The van der Waals surface area contributed by atoms with E-state index in [-0.39, 0.29) is 19.2 Å². The third kappa shape index (κ3) is 7.73. The molecule has 12 nitrogen and oxygen atoms in total. The summed E-state index contributed by atoms with van der Waals surface area (Å²) in [4.78, 5) is 55.7. The molecular weight excluding hydrogens is 601 g/mol. The van der Waals surface area contributed by atoms with Crippen molar-refractivity contribution in [1.29, 1.82) is 5.41 Å². The summed E-state index contributed by atoms with van der Waals surface area (Å²) in [7, 11) is -1.35. The summed E-state index contributed by atoms with van der Waals surface area (Å²) in [6.45, 7) is 12.0. The van der Waals surface area contributed by atoms with Gasteiger partial charge < -0.3 is 20.5 Å². The molecule has 3 amide bonds. The van der Waals surface area contributed by atoms with Gasteiger partial charge in [-0.15, -0.1) is 0 Å². The minimum atomic E-state index is -4.47. The molecule has 2 aliphatic rings. The number of carbonyl (C=O) groups excluding carboxylic acids is 2. The first-order chi connectivity index (χ1) is 20.1. The topological polar surface area (TPSA) is 164 Å². The zero-order chi connectivity index (χ0) is 33.4. The van der Waals surface area contributed by atoms with Crippen molar-refractivity contribution in [3.8, 4) is 5.88 Å². The Morgan fingerprint density at radius 3 is 2.23 bits per heavy atom. The Morgan fingerprint density at radius 2 is 1.70 bits per heavy atom. The number of alkyl halides is 3. The third-order valence-electron chi connectivity index (χ3n) is 8.65. The summed E-state index contributed by atoms with van der Waals surface area (Å²) >= 11 is 0. The van der Waals surface area contributed by atoms with E-state index in [4.69, 9.17) is 15.9 Å². The fourth-order valence-corrected chi connectivity index (χ4v) is 6.54. The van der Waals surface area contributed by atoms with Gasteiger partial charge in [0.15, 0.2) is 0 Å². The van der Waals surface area contributed by atoms with Crippen LogP contribution in [0.4, 0.5) is 18.0 Å². The highest BCUT2D eigenvalue weighted by Crippen LogP contribution is 2.43. The van der Waals surface area contributed by atoms with Crippen molar-refractivity contribution >= 4 is 25.8 Å².